The van der Waals surface area contributed by atoms with Gasteiger partial charge in [-0.25, -0.2) is 0 Å². The minimum Gasteiger partial charge on any atom is -0.480 e. The zero-order chi connectivity index (χ0) is 13.1. The van der Waals surface area contributed by atoms with E-state index in [9.17, 15) is 18.0 Å². The number of aliphatic carboxylic acids is 1. The lowest BCUT2D eigenvalue weighted by Crippen LogP contribution is -2.32. The maximum atomic E-state index is 12.7. The van der Waals surface area contributed by atoms with Gasteiger partial charge in [0.2, 0.25) is 0 Å². The molecule has 0 radical (unpaired) electrons. The predicted octanol–water partition coefficient (Wildman–Crippen LogP) is 1.22. The highest BCUT2D eigenvalue weighted by Gasteiger charge is 2.49. The van der Waals surface area contributed by atoms with Crippen molar-refractivity contribution < 1.29 is 27.8 Å². The van der Waals surface area contributed by atoms with E-state index in [1.54, 1.807) is 6.92 Å². The van der Waals surface area contributed by atoms with Crippen LogP contribution >= 0.6 is 0 Å². The summed E-state index contributed by atoms with van der Waals surface area (Å²) in [5.74, 6) is -3.27. The molecule has 7 heteroatoms. The third kappa shape index (κ3) is 4.16. The van der Waals surface area contributed by atoms with Crippen LogP contribution in [0.3, 0.4) is 0 Å². The summed E-state index contributed by atoms with van der Waals surface area (Å²) in [4.78, 5) is 11.8. The number of hydrogen-bond acceptors (Lipinski definition) is 3. The fourth-order valence-corrected chi connectivity index (χ4v) is 2.09. The summed E-state index contributed by atoms with van der Waals surface area (Å²) < 4.78 is 43.2. The van der Waals surface area contributed by atoms with Gasteiger partial charge in [-0.1, -0.05) is 0 Å². The van der Waals surface area contributed by atoms with E-state index in [-0.39, 0.29) is 26.2 Å². The number of likely N-dealkylation sites (tertiary alicyclic amines) is 1. The van der Waals surface area contributed by atoms with E-state index in [0.29, 0.717) is 6.61 Å². The molecular weight excluding hydrogens is 239 g/mol. The Morgan fingerprint density at radius 2 is 2.12 bits per heavy atom. The van der Waals surface area contributed by atoms with Crippen molar-refractivity contribution in [1.29, 1.82) is 0 Å². The Labute approximate surface area is 97.3 Å². The minimum absolute atomic E-state index is 0.0246. The molecule has 0 amide bonds. The molecule has 0 spiro atoms. The zero-order valence-corrected chi connectivity index (χ0v) is 9.54. The van der Waals surface area contributed by atoms with Gasteiger partial charge >= 0.3 is 12.1 Å². The van der Waals surface area contributed by atoms with Crippen molar-refractivity contribution in [3.05, 3.63) is 0 Å². The molecule has 0 aromatic heterocycles. The van der Waals surface area contributed by atoms with Crippen molar-refractivity contribution in [2.75, 3.05) is 32.8 Å². The second-order valence-corrected chi connectivity index (χ2v) is 4.16. The highest BCUT2D eigenvalue weighted by atomic mass is 19.4. The van der Waals surface area contributed by atoms with Crippen LogP contribution in [0.5, 0.6) is 0 Å². The average molecular weight is 255 g/mol. The normalized spacial score (nSPS) is 26.4. The number of carboxylic acid groups (broad SMARTS) is 1. The van der Waals surface area contributed by atoms with Crippen LogP contribution in [0.15, 0.2) is 0 Å². The lowest BCUT2D eigenvalue weighted by Gasteiger charge is -2.20. The summed E-state index contributed by atoms with van der Waals surface area (Å²) in [5, 5.41) is 8.57. The zero-order valence-electron chi connectivity index (χ0n) is 9.54. The molecule has 4 nitrogen and oxygen atoms in total. The van der Waals surface area contributed by atoms with Crippen LogP contribution in [-0.2, 0) is 9.53 Å². The topological polar surface area (TPSA) is 49.8 Å². The lowest BCUT2D eigenvalue weighted by molar-refractivity contribution is -0.184. The molecule has 1 fully saturated rings. The summed E-state index contributed by atoms with van der Waals surface area (Å²) in [6.45, 7) is 1.61. The van der Waals surface area contributed by atoms with Crippen molar-refractivity contribution in [2.45, 2.75) is 13.1 Å². The smallest absolute Gasteiger partial charge is 0.393 e. The molecule has 100 valence electrons. The molecule has 1 N–H and O–H groups in total. The average Bonchev–Trinajstić information content (AvgIpc) is 2.56. The summed E-state index contributed by atoms with van der Waals surface area (Å²) in [5.41, 5.74) is 0. The van der Waals surface area contributed by atoms with Gasteiger partial charge < -0.3 is 9.84 Å². The number of carbonyl (C=O) groups is 1. The number of rotatable bonds is 5. The van der Waals surface area contributed by atoms with E-state index in [2.05, 4.69) is 0 Å². The van der Waals surface area contributed by atoms with Gasteiger partial charge in [0.25, 0.3) is 0 Å². The van der Waals surface area contributed by atoms with Crippen LogP contribution in [0.4, 0.5) is 13.2 Å². The molecule has 1 aliphatic rings. The van der Waals surface area contributed by atoms with Crippen molar-refractivity contribution in [2.24, 2.45) is 11.8 Å². The van der Waals surface area contributed by atoms with Gasteiger partial charge in [0, 0.05) is 25.6 Å². The monoisotopic (exact) mass is 255 g/mol. The van der Waals surface area contributed by atoms with Crippen molar-refractivity contribution in [3.63, 3.8) is 0 Å². The fraction of sp³-hybridized carbons (Fsp3) is 0.900. The Morgan fingerprint density at radius 1 is 1.47 bits per heavy atom. The van der Waals surface area contributed by atoms with Crippen LogP contribution in [0.1, 0.15) is 6.92 Å². The van der Waals surface area contributed by atoms with Gasteiger partial charge in [0.15, 0.2) is 0 Å². The predicted molar refractivity (Wildman–Crippen MR) is 53.6 cm³/mol. The SMILES string of the molecule is CCOC[C@@H]1CN(CC(=O)O)C[C@H]1C(F)(F)F. The Hall–Kier alpha value is -0.820. The molecule has 0 aromatic carbocycles. The fourth-order valence-electron chi connectivity index (χ4n) is 2.09. The summed E-state index contributed by atoms with van der Waals surface area (Å²) in [7, 11) is 0. The molecule has 17 heavy (non-hydrogen) atoms. The molecule has 1 saturated heterocycles. The highest BCUT2D eigenvalue weighted by molar-refractivity contribution is 5.69. The van der Waals surface area contributed by atoms with Crippen LogP contribution in [-0.4, -0.2) is 55.0 Å². The standard InChI is InChI=1S/C10H16F3NO3/c1-2-17-6-7-3-14(5-9(15)16)4-8(7)10(11,12)13/h7-8H,2-6H2,1H3,(H,15,16)/t7-,8+/m0/s1. The Balaban J connectivity index is 2.62. The molecule has 0 aliphatic carbocycles. The number of halogens is 3. The molecule has 1 rings (SSSR count). The third-order valence-corrected chi connectivity index (χ3v) is 2.83. The number of carboxylic acids is 1. The second kappa shape index (κ2) is 5.68. The van der Waals surface area contributed by atoms with Crippen molar-refractivity contribution in [1.82, 2.24) is 4.90 Å². The van der Waals surface area contributed by atoms with E-state index in [4.69, 9.17) is 9.84 Å². The number of nitrogens with zero attached hydrogens (tertiary/aromatic N) is 1. The van der Waals surface area contributed by atoms with Crippen LogP contribution < -0.4 is 0 Å². The largest absolute Gasteiger partial charge is 0.480 e. The molecule has 0 unspecified atom stereocenters. The van der Waals surface area contributed by atoms with Crippen LogP contribution in [0.2, 0.25) is 0 Å². The quantitative estimate of drug-likeness (QED) is 0.802. The number of hydrogen-bond donors (Lipinski definition) is 1. The molecule has 1 heterocycles. The molecule has 2 atom stereocenters. The van der Waals surface area contributed by atoms with Gasteiger partial charge in [-0.2, -0.15) is 13.2 Å². The van der Waals surface area contributed by atoms with Crippen LogP contribution in [0.25, 0.3) is 0 Å². The van der Waals surface area contributed by atoms with Crippen LogP contribution in [0, 0.1) is 11.8 Å². The molecular formula is C10H16F3NO3. The first-order valence-corrected chi connectivity index (χ1v) is 5.43. The first-order valence-electron chi connectivity index (χ1n) is 5.43. The van der Waals surface area contributed by atoms with E-state index in [1.807, 2.05) is 0 Å². The maximum absolute atomic E-state index is 12.7. The number of alkyl halides is 3. The van der Waals surface area contributed by atoms with Gasteiger partial charge in [0.05, 0.1) is 19.1 Å². The minimum atomic E-state index is -4.30. The van der Waals surface area contributed by atoms with Gasteiger partial charge in [-0.15, -0.1) is 0 Å². The van der Waals surface area contributed by atoms with E-state index in [0.717, 1.165) is 0 Å². The van der Waals surface area contributed by atoms with E-state index in [1.165, 1.54) is 4.90 Å². The summed E-state index contributed by atoms with van der Waals surface area (Å²) in [6.07, 6.45) is -4.30. The van der Waals surface area contributed by atoms with Gasteiger partial charge in [0.1, 0.15) is 0 Å². The Kier molecular flexibility index (Phi) is 4.76. The van der Waals surface area contributed by atoms with E-state index >= 15 is 0 Å². The molecule has 0 saturated carbocycles. The first kappa shape index (κ1) is 14.2. The van der Waals surface area contributed by atoms with Gasteiger partial charge in [-0.3, -0.25) is 9.69 Å². The first-order chi connectivity index (χ1) is 7.84. The summed E-state index contributed by atoms with van der Waals surface area (Å²) >= 11 is 0. The molecule has 0 bridgehead atoms. The summed E-state index contributed by atoms with van der Waals surface area (Å²) in [6, 6.07) is 0. The third-order valence-electron chi connectivity index (χ3n) is 2.83. The lowest BCUT2D eigenvalue weighted by atomic mass is 9.96. The van der Waals surface area contributed by atoms with Gasteiger partial charge in [-0.05, 0) is 6.92 Å². The maximum Gasteiger partial charge on any atom is 0.393 e. The van der Waals surface area contributed by atoms with Crippen molar-refractivity contribution in [3.8, 4) is 0 Å². The molecule has 1 aliphatic heterocycles. The Morgan fingerprint density at radius 3 is 2.59 bits per heavy atom. The Bertz CT molecular complexity index is 270. The van der Waals surface area contributed by atoms with Crippen molar-refractivity contribution >= 4 is 5.97 Å². The second-order valence-electron chi connectivity index (χ2n) is 4.16. The van der Waals surface area contributed by atoms with E-state index < -0.39 is 24.0 Å². The number of ether oxygens (including phenoxy) is 1. The molecule has 0 aromatic rings. The highest BCUT2D eigenvalue weighted by Crippen LogP contribution is 2.37.